The van der Waals surface area contributed by atoms with Crippen LogP contribution in [0.4, 0.5) is 20.5 Å². The maximum absolute atomic E-state index is 12.9. The van der Waals surface area contributed by atoms with Gasteiger partial charge in [0.25, 0.3) is 12.0 Å². The molecular weight excluding hydrogens is 342 g/mol. The Labute approximate surface area is 147 Å². The summed E-state index contributed by atoms with van der Waals surface area (Å²) in [6.07, 6.45) is -1.24. The number of H-pyrrole nitrogens is 1. The Morgan fingerprint density at radius 3 is 2.54 bits per heavy atom. The Morgan fingerprint density at radius 2 is 1.77 bits per heavy atom. The smallest absolute Gasteiger partial charge is 0.280 e. The van der Waals surface area contributed by atoms with E-state index >= 15 is 0 Å². The van der Waals surface area contributed by atoms with Crippen molar-refractivity contribution < 1.29 is 8.78 Å². The van der Waals surface area contributed by atoms with E-state index in [1.165, 1.54) is 6.33 Å². The van der Waals surface area contributed by atoms with Crippen molar-refractivity contribution >= 4 is 22.7 Å². The van der Waals surface area contributed by atoms with Gasteiger partial charge in [-0.05, 0) is 12.1 Å². The van der Waals surface area contributed by atoms with Gasteiger partial charge in [-0.2, -0.15) is 0 Å². The van der Waals surface area contributed by atoms with Gasteiger partial charge in [-0.25, -0.2) is 23.7 Å². The lowest BCUT2D eigenvalue weighted by Gasteiger charge is -2.36. The standard InChI is InChI=1S/C17H16F2N6O/c18-15(19)13-9-14(26)23-17(22-13)25-7-5-24(6-8-25)16-11-3-1-2-4-12(11)20-10-21-16/h1-4,9-10,15H,5-8H2,(H,22,23,26). The van der Waals surface area contributed by atoms with Crippen molar-refractivity contribution in [2.24, 2.45) is 0 Å². The molecule has 0 atom stereocenters. The van der Waals surface area contributed by atoms with E-state index in [0.29, 0.717) is 26.2 Å². The summed E-state index contributed by atoms with van der Waals surface area (Å²) < 4.78 is 25.7. The predicted molar refractivity (Wildman–Crippen MR) is 93.8 cm³/mol. The quantitative estimate of drug-likeness (QED) is 0.771. The van der Waals surface area contributed by atoms with E-state index < -0.39 is 17.7 Å². The van der Waals surface area contributed by atoms with Gasteiger partial charge in [0.1, 0.15) is 17.8 Å². The van der Waals surface area contributed by atoms with Gasteiger partial charge < -0.3 is 9.80 Å². The minimum absolute atomic E-state index is 0.181. The molecule has 7 nitrogen and oxygen atoms in total. The Bertz CT molecular complexity index is 979. The van der Waals surface area contributed by atoms with Crippen LogP contribution in [0, 0.1) is 0 Å². The number of nitrogens with zero attached hydrogens (tertiary/aromatic N) is 5. The minimum atomic E-state index is -2.77. The average Bonchev–Trinajstić information content (AvgIpc) is 2.67. The molecule has 1 aliphatic rings. The van der Waals surface area contributed by atoms with E-state index in [9.17, 15) is 13.6 Å². The molecule has 1 aromatic carbocycles. The first-order valence-corrected chi connectivity index (χ1v) is 8.21. The number of piperazine rings is 1. The van der Waals surface area contributed by atoms with Crippen molar-refractivity contribution in [1.82, 2.24) is 19.9 Å². The average molecular weight is 358 g/mol. The van der Waals surface area contributed by atoms with Crippen molar-refractivity contribution in [3.8, 4) is 0 Å². The Balaban J connectivity index is 1.55. The molecular formula is C17H16F2N6O. The number of para-hydroxylation sites is 1. The van der Waals surface area contributed by atoms with Crippen LogP contribution in [0.2, 0.25) is 0 Å². The second kappa shape index (κ2) is 6.66. The number of anilines is 2. The van der Waals surface area contributed by atoms with Crippen LogP contribution in [0.3, 0.4) is 0 Å². The molecule has 2 aromatic heterocycles. The maximum atomic E-state index is 12.9. The number of benzene rings is 1. The second-order valence-electron chi connectivity index (χ2n) is 5.98. The summed E-state index contributed by atoms with van der Waals surface area (Å²) in [4.78, 5) is 30.6. The number of aromatic amines is 1. The van der Waals surface area contributed by atoms with Crippen molar-refractivity contribution in [2.75, 3.05) is 36.0 Å². The highest BCUT2D eigenvalue weighted by atomic mass is 19.3. The highest BCUT2D eigenvalue weighted by molar-refractivity contribution is 5.89. The van der Waals surface area contributed by atoms with Gasteiger partial charge in [-0.1, -0.05) is 12.1 Å². The zero-order valence-electron chi connectivity index (χ0n) is 13.8. The first-order valence-electron chi connectivity index (χ1n) is 8.21. The number of aromatic nitrogens is 4. The molecule has 3 heterocycles. The number of fused-ring (bicyclic) bond motifs is 1. The van der Waals surface area contributed by atoms with Gasteiger partial charge in [0.05, 0.1) is 5.52 Å². The van der Waals surface area contributed by atoms with Gasteiger partial charge in [0, 0.05) is 37.6 Å². The molecule has 1 fully saturated rings. The normalized spacial score (nSPS) is 15.0. The molecule has 0 saturated carbocycles. The van der Waals surface area contributed by atoms with E-state index in [1.807, 2.05) is 24.3 Å². The number of hydrogen-bond acceptors (Lipinski definition) is 6. The zero-order chi connectivity index (χ0) is 18.1. The minimum Gasteiger partial charge on any atom is -0.352 e. The fourth-order valence-electron chi connectivity index (χ4n) is 3.10. The van der Waals surface area contributed by atoms with E-state index in [1.54, 1.807) is 4.90 Å². The summed E-state index contributed by atoms with van der Waals surface area (Å²) in [6, 6.07) is 8.60. The topological polar surface area (TPSA) is 78.0 Å². The predicted octanol–water partition coefficient (Wildman–Crippen LogP) is 1.98. The lowest BCUT2D eigenvalue weighted by atomic mass is 10.2. The fourth-order valence-corrected chi connectivity index (χ4v) is 3.10. The van der Waals surface area contributed by atoms with E-state index in [-0.39, 0.29) is 5.95 Å². The number of hydrogen-bond donors (Lipinski definition) is 1. The van der Waals surface area contributed by atoms with Crippen LogP contribution in [-0.4, -0.2) is 46.1 Å². The molecule has 134 valence electrons. The molecule has 0 amide bonds. The lowest BCUT2D eigenvalue weighted by molar-refractivity contribution is 0.146. The number of alkyl halides is 2. The van der Waals surface area contributed by atoms with Crippen LogP contribution in [0.1, 0.15) is 12.1 Å². The fraction of sp³-hybridized carbons (Fsp3) is 0.294. The number of halogens is 2. The van der Waals surface area contributed by atoms with Crippen LogP contribution < -0.4 is 15.4 Å². The van der Waals surface area contributed by atoms with Gasteiger partial charge in [0.15, 0.2) is 0 Å². The highest BCUT2D eigenvalue weighted by Gasteiger charge is 2.22. The van der Waals surface area contributed by atoms with E-state index in [0.717, 1.165) is 22.8 Å². The summed E-state index contributed by atoms with van der Waals surface area (Å²) in [6.45, 7) is 2.33. The lowest BCUT2D eigenvalue weighted by Crippen LogP contribution is -2.48. The van der Waals surface area contributed by atoms with Crippen LogP contribution in [0.5, 0.6) is 0 Å². The van der Waals surface area contributed by atoms with Crippen molar-refractivity contribution in [3.05, 3.63) is 52.7 Å². The van der Waals surface area contributed by atoms with Gasteiger partial charge in [0.2, 0.25) is 5.95 Å². The highest BCUT2D eigenvalue weighted by Crippen LogP contribution is 2.24. The molecule has 26 heavy (non-hydrogen) atoms. The summed E-state index contributed by atoms with van der Waals surface area (Å²) in [5.74, 6) is 1.03. The largest absolute Gasteiger partial charge is 0.352 e. The summed E-state index contributed by atoms with van der Waals surface area (Å²) in [5, 5.41) is 0.967. The Morgan fingerprint density at radius 1 is 1.04 bits per heavy atom. The summed E-state index contributed by atoms with van der Waals surface area (Å²) >= 11 is 0. The van der Waals surface area contributed by atoms with Gasteiger partial charge >= 0.3 is 0 Å². The Hall–Kier alpha value is -3.10. The summed E-state index contributed by atoms with van der Waals surface area (Å²) in [7, 11) is 0. The van der Waals surface area contributed by atoms with Crippen LogP contribution >= 0.6 is 0 Å². The maximum Gasteiger partial charge on any atom is 0.280 e. The molecule has 0 bridgehead atoms. The second-order valence-corrected chi connectivity index (χ2v) is 5.98. The molecule has 3 aromatic rings. The monoisotopic (exact) mass is 358 g/mol. The van der Waals surface area contributed by atoms with Crippen LogP contribution in [-0.2, 0) is 0 Å². The summed E-state index contributed by atoms with van der Waals surface area (Å²) in [5.41, 5.74) is -0.210. The molecule has 1 N–H and O–H groups in total. The zero-order valence-corrected chi connectivity index (χ0v) is 13.8. The Kier molecular flexibility index (Phi) is 4.19. The first kappa shape index (κ1) is 16.4. The molecule has 9 heteroatoms. The van der Waals surface area contributed by atoms with Crippen LogP contribution in [0.25, 0.3) is 10.9 Å². The number of rotatable bonds is 3. The van der Waals surface area contributed by atoms with Crippen molar-refractivity contribution in [2.45, 2.75) is 6.43 Å². The third kappa shape index (κ3) is 3.07. The van der Waals surface area contributed by atoms with E-state index in [4.69, 9.17) is 0 Å². The molecule has 0 spiro atoms. The molecule has 4 rings (SSSR count). The number of nitrogens with one attached hydrogen (secondary N) is 1. The molecule has 0 unspecified atom stereocenters. The molecule has 0 aliphatic carbocycles. The molecule has 0 radical (unpaired) electrons. The molecule has 1 aliphatic heterocycles. The first-order chi connectivity index (χ1) is 12.6. The molecule has 1 saturated heterocycles. The van der Waals surface area contributed by atoms with Crippen molar-refractivity contribution in [1.29, 1.82) is 0 Å². The third-order valence-electron chi connectivity index (χ3n) is 4.37. The SMILES string of the molecule is O=c1cc(C(F)F)nc(N2CCN(c3ncnc4ccccc34)CC2)[nH]1. The van der Waals surface area contributed by atoms with Gasteiger partial charge in [-0.3, -0.25) is 9.78 Å². The third-order valence-corrected chi connectivity index (χ3v) is 4.37. The van der Waals surface area contributed by atoms with Gasteiger partial charge in [-0.15, -0.1) is 0 Å². The van der Waals surface area contributed by atoms with E-state index in [2.05, 4.69) is 24.8 Å². The van der Waals surface area contributed by atoms with Crippen molar-refractivity contribution in [3.63, 3.8) is 0 Å². The van der Waals surface area contributed by atoms with Crippen LogP contribution in [0.15, 0.2) is 41.5 Å².